The Hall–Kier alpha value is -0.910. The van der Waals surface area contributed by atoms with E-state index >= 15 is 0 Å². The van der Waals surface area contributed by atoms with Gasteiger partial charge in [-0.05, 0) is 44.0 Å². The van der Waals surface area contributed by atoms with Crippen LogP contribution >= 0.6 is 0 Å². The molecule has 0 heterocycles. The van der Waals surface area contributed by atoms with Gasteiger partial charge in [0.2, 0.25) is 10.0 Å². The average Bonchev–Trinajstić information content (AvgIpc) is 2.22. The van der Waals surface area contributed by atoms with Gasteiger partial charge in [0, 0.05) is 6.54 Å². The molecule has 0 aromatic heterocycles. The van der Waals surface area contributed by atoms with Gasteiger partial charge in [-0.2, -0.15) is 0 Å². The van der Waals surface area contributed by atoms with Crippen molar-refractivity contribution in [2.45, 2.75) is 25.2 Å². The Morgan fingerprint density at radius 2 is 2.00 bits per heavy atom. The Morgan fingerprint density at radius 3 is 2.62 bits per heavy atom. The second-order valence-electron chi connectivity index (χ2n) is 3.81. The molecule has 0 unspecified atom stereocenters. The number of hydrogen-bond donors (Lipinski definition) is 2. The first-order valence-corrected chi connectivity index (χ1v) is 6.72. The molecule has 0 radical (unpaired) electrons. The van der Waals surface area contributed by atoms with Crippen molar-refractivity contribution in [2.75, 3.05) is 13.1 Å². The number of sulfonamides is 1. The highest BCUT2D eigenvalue weighted by Crippen LogP contribution is 2.16. The van der Waals surface area contributed by atoms with E-state index in [1.165, 1.54) is 0 Å². The van der Waals surface area contributed by atoms with E-state index in [-0.39, 0.29) is 0 Å². The molecule has 0 saturated heterocycles. The number of benzene rings is 1. The van der Waals surface area contributed by atoms with Crippen LogP contribution in [0, 0.1) is 13.8 Å². The molecule has 0 aliphatic rings. The third-order valence-corrected chi connectivity index (χ3v) is 3.91. The fourth-order valence-corrected chi connectivity index (χ4v) is 2.78. The van der Waals surface area contributed by atoms with Crippen LogP contribution in [0.15, 0.2) is 23.1 Å². The van der Waals surface area contributed by atoms with Crippen LogP contribution in [0.25, 0.3) is 0 Å². The van der Waals surface area contributed by atoms with Gasteiger partial charge in [0.15, 0.2) is 0 Å². The zero-order valence-corrected chi connectivity index (χ0v) is 10.5. The van der Waals surface area contributed by atoms with Crippen molar-refractivity contribution in [1.29, 1.82) is 0 Å². The average molecular weight is 242 g/mol. The van der Waals surface area contributed by atoms with Crippen LogP contribution < -0.4 is 10.5 Å². The van der Waals surface area contributed by atoms with Crippen LogP contribution in [0.1, 0.15) is 17.5 Å². The van der Waals surface area contributed by atoms with E-state index in [1.807, 2.05) is 19.1 Å². The lowest BCUT2D eigenvalue weighted by Gasteiger charge is -2.09. The maximum Gasteiger partial charge on any atom is 0.240 e. The van der Waals surface area contributed by atoms with Gasteiger partial charge in [0.1, 0.15) is 0 Å². The molecular formula is C11H18N2O2S. The molecule has 0 saturated carbocycles. The molecule has 0 fully saturated rings. The van der Waals surface area contributed by atoms with Crippen molar-refractivity contribution in [1.82, 2.24) is 4.72 Å². The van der Waals surface area contributed by atoms with Crippen LogP contribution in [0.3, 0.4) is 0 Å². The fourth-order valence-electron chi connectivity index (χ4n) is 1.38. The summed E-state index contributed by atoms with van der Waals surface area (Å²) in [5, 5.41) is 0. The lowest BCUT2D eigenvalue weighted by molar-refractivity contribution is 0.579. The molecular weight excluding hydrogens is 224 g/mol. The first-order chi connectivity index (χ1) is 7.47. The minimum atomic E-state index is -3.39. The molecule has 1 aromatic carbocycles. The van der Waals surface area contributed by atoms with Crippen molar-refractivity contribution in [3.05, 3.63) is 29.3 Å². The monoisotopic (exact) mass is 242 g/mol. The summed E-state index contributed by atoms with van der Waals surface area (Å²) >= 11 is 0. The Balaban J connectivity index is 2.93. The van der Waals surface area contributed by atoms with Crippen LogP contribution in [-0.4, -0.2) is 21.5 Å². The Bertz CT molecular complexity index is 455. The minimum absolute atomic E-state index is 0.351. The number of nitrogens with two attached hydrogens (primary N) is 1. The molecule has 90 valence electrons. The molecule has 0 spiro atoms. The van der Waals surface area contributed by atoms with Crippen LogP contribution in [0.5, 0.6) is 0 Å². The van der Waals surface area contributed by atoms with Crippen molar-refractivity contribution < 1.29 is 8.42 Å². The molecule has 0 amide bonds. The van der Waals surface area contributed by atoms with Gasteiger partial charge in [-0.1, -0.05) is 12.1 Å². The summed E-state index contributed by atoms with van der Waals surface area (Å²) in [7, 11) is -3.39. The lowest BCUT2D eigenvalue weighted by atomic mass is 10.2. The maximum absolute atomic E-state index is 11.9. The van der Waals surface area contributed by atoms with Crippen molar-refractivity contribution in [3.8, 4) is 0 Å². The highest BCUT2D eigenvalue weighted by Gasteiger charge is 2.15. The predicted molar refractivity (Wildman–Crippen MR) is 64.8 cm³/mol. The third-order valence-electron chi connectivity index (χ3n) is 2.31. The summed E-state index contributed by atoms with van der Waals surface area (Å²) in [6.45, 7) is 4.52. The van der Waals surface area contributed by atoms with Crippen LogP contribution in [0.2, 0.25) is 0 Å². The number of nitrogens with one attached hydrogen (secondary N) is 1. The van der Waals surface area contributed by atoms with E-state index < -0.39 is 10.0 Å². The summed E-state index contributed by atoms with van der Waals surface area (Å²) in [6.07, 6.45) is 0.643. The molecule has 0 bridgehead atoms. The van der Waals surface area contributed by atoms with E-state index in [0.29, 0.717) is 24.4 Å². The molecule has 3 N–H and O–H groups in total. The first kappa shape index (κ1) is 13.2. The summed E-state index contributed by atoms with van der Waals surface area (Å²) in [6, 6.07) is 5.39. The molecule has 1 rings (SSSR count). The quantitative estimate of drug-likeness (QED) is 0.754. The van der Waals surface area contributed by atoms with Crippen molar-refractivity contribution in [3.63, 3.8) is 0 Å². The molecule has 5 heteroatoms. The van der Waals surface area contributed by atoms with E-state index in [1.54, 1.807) is 13.0 Å². The third kappa shape index (κ3) is 3.30. The molecule has 0 aliphatic carbocycles. The van der Waals surface area contributed by atoms with Gasteiger partial charge in [-0.15, -0.1) is 0 Å². The largest absolute Gasteiger partial charge is 0.330 e. The van der Waals surface area contributed by atoms with E-state index in [4.69, 9.17) is 5.73 Å². The van der Waals surface area contributed by atoms with Crippen molar-refractivity contribution >= 4 is 10.0 Å². The van der Waals surface area contributed by atoms with E-state index in [2.05, 4.69) is 4.72 Å². The Kier molecular flexibility index (Phi) is 4.46. The highest BCUT2D eigenvalue weighted by molar-refractivity contribution is 7.89. The minimum Gasteiger partial charge on any atom is -0.330 e. The standard InChI is InChI=1S/C11H18N2O2S/c1-9-4-5-10(2)11(8-9)16(14,15)13-7-3-6-12/h4-5,8,13H,3,6-7,12H2,1-2H3. The second-order valence-corrected chi connectivity index (χ2v) is 5.54. The van der Waals surface area contributed by atoms with Gasteiger partial charge in [0.05, 0.1) is 4.90 Å². The van der Waals surface area contributed by atoms with Gasteiger partial charge in [0.25, 0.3) is 0 Å². The second kappa shape index (κ2) is 5.43. The SMILES string of the molecule is Cc1ccc(C)c(S(=O)(=O)NCCCN)c1. The molecule has 4 nitrogen and oxygen atoms in total. The van der Waals surface area contributed by atoms with E-state index in [9.17, 15) is 8.42 Å². The number of rotatable bonds is 5. The summed E-state index contributed by atoms with van der Waals surface area (Å²) in [5.41, 5.74) is 7.01. The van der Waals surface area contributed by atoms with Gasteiger partial charge in [-0.25, -0.2) is 13.1 Å². The number of hydrogen-bond acceptors (Lipinski definition) is 3. The molecule has 0 atom stereocenters. The smallest absolute Gasteiger partial charge is 0.240 e. The zero-order valence-electron chi connectivity index (χ0n) is 9.66. The Morgan fingerprint density at radius 1 is 1.31 bits per heavy atom. The molecule has 0 aliphatic heterocycles. The fraction of sp³-hybridized carbons (Fsp3) is 0.455. The van der Waals surface area contributed by atoms with Gasteiger partial charge >= 0.3 is 0 Å². The van der Waals surface area contributed by atoms with Crippen LogP contribution in [0.4, 0.5) is 0 Å². The summed E-state index contributed by atoms with van der Waals surface area (Å²) < 4.78 is 26.4. The highest BCUT2D eigenvalue weighted by atomic mass is 32.2. The van der Waals surface area contributed by atoms with Gasteiger partial charge < -0.3 is 5.73 Å². The molecule has 1 aromatic rings. The van der Waals surface area contributed by atoms with E-state index in [0.717, 1.165) is 11.1 Å². The lowest BCUT2D eigenvalue weighted by Crippen LogP contribution is -2.26. The normalized spacial score (nSPS) is 11.7. The summed E-state index contributed by atoms with van der Waals surface area (Å²) in [4.78, 5) is 0.351. The van der Waals surface area contributed by atoms with Crippen molar-refractivity contribution in [2.24, 2.45) is 5.73 Å². The first-order valence-electron chi connectivity index (χ1n) is 5.24. The van der Waals surface area contributed by atoms with Gasteiger partial charge in [-0.3, -0.25) is 0 Å². The van der Waals surface area contributed by atoms with Crippen LogP contribution in [-0.2, 0) is 10.0 Å². The molecule has 16 heavy (non-hydrogen) atoms. The summed E-state index contributed by atoms with van der Waals surface area (Å²) in [5.74, 6) is 0. The zero-order chi connectivity index (χ0) is 12.2. The Labute approximate surface area is 96.9 Å². The predicted octanol–water partition coefficient (Wildman–Crippen LogP) is 0.931. The number of aryl methyl sites for hydroxylation is 2. The topological polar surface area (TPSA) is 72.2 Å². The maximum atomic E-state index is 11.9.